The van der Waals surface area contributed by atoms with Gasteiger partial charge in [0.1, 0.15) is 51.0 Å². The molecule has 5 saturated carbocycles. The number of pyridine rings is 3. The number of halogens is 3. The van der Waals surface area contributed by atoms with Crippen LogP contribution in [0.4, 0.5) is 31.0 Å². The van der Waals surface area contributed by atoms with Gasteiger partial charge in [-0.15, -0.1) is 0 Å². The zero-order valence-electron chi connectivity index (χ0n) is 56.3. The number of aliphatic hydroxyl groups is 3. The van der Waals surface area contributed by atoms with Gasteiger partial charge in [0.25, 0.3) is 0 Å². The summed E-state index contributed by atoms with van der Waals surface area (Å²) in [6.45, 7) is 15.4. The number of hydrogen-bond acceptors (Lipinski definition) is 18. The zero-order valence-corrected chi connectivity index (χ0v) is 56.3. The van der Waals surface area contributed by atoms with E-state index in [-0.39, 0.29) is 58.7 Å². The van der Waals surface area contributed by atoms with Gasteiger partial charge < -0.3 is 51.1 Å². The number of likely N-dealkylation sites (tertiary alicyclic amines) is 3. The molecule has 5 aliphatic carbocycles. The average molecular weight is 1340 g/mol. The van der Waals surface area contributed by atoms with E-state index in [4.69, 9.17) is 17.2 Å². The molecule has 8 fully saturated rings. The molecular formula is C75H83F3N18O3. The number of nitrogens with zero attached hydrogens (tertiary/aromatic N) is 15. The average Bonchev–Trinajstić information content (AvgIpc) is 1.62. The molecule has 0 amide bonds. The predicted octanol–water partition coefficient (Wildman–Crippen LogP) is 9.51. The molecule has 99 heavy (non-hydrogen) atoms. The SMILES string of the molecule is CC(O)(C#Cc1cc2c(-c3nc(N)ncc3F)cn(C3CN(C4CCCC4)C3)c2cn1)C1CC1.CC(O)(C#Cc1cc2c(-c3nc(N)ncc3F)cn(C3CN(CC4CC4)C3)c2cn1)C1CC1.CCN1CCC(n2cc(-c3nc(N)ncc3F)c3cc(C#CC(C)(O)C4CC4)ncc32)C1. The molecule has 0 bridgehead atoms. The lowest BCUT2D eigenvalue weighted by atomic mass is 10.0. The van der Waals surface area contributed by atoms with Gasteiger partial charge in [-0.3, -0.25) is 9.80 Å². The Hall–Kier alpha value is -9.06. The van der Waals surface area contributed by atoms with Gasteiger partial charge in [0.05, 0.1) is 65.8 Å². The highest BCUT2D eigenvalue weighted by atomic mass is 19.1. The highest BCUT2D eigenvalue weighted by Gasteiger charge is 2.42. The number of rotatable bonds is 13. The summed E-state index contributed by atoms with van der Waals surface area (Å²) in [5.74, 6) is 18.0. The standard InChI is InChI=1S/C26H29FN6O.C25H27FN6O.C24H27FN6O/c1-26(34,16-6-7-16)9-8-17-10-20-21(24-22(27)11-30-25(28)31-24)15-33(23(20)12-29-17)19-13-32(14-19)18-4-2-3-5-18;1-25(33,16-4-5-16)7-6-17-8-19-20(23-21(26)9-29-24(27)30-23)14-32(22(19)10-28-17)18-12-31(13-18)11-15-2-3-15;1-3-30-9-7-17(13-30)31-14-19(22-20(25)11-28-23(26)29-22)18-10-16(27-12-21(18)31)6-8-24(2,32)15-4-5-15/h10-12,15-16,18-19,34H,2-7,13-14H2,1H3,(H2,28,30,31);8-10,14-16,18,33H,2-5,11-13H2,1H3,(H2,27,29,30);10-12,14-15,17,32H,3-5,7,9,13H2,1-2H3,(H2,26,28,29). The fraction of sp³-hybridized carbons (Fsp3) is 0.480. The van der Waals surface area contributed by atoms with Crippen LogP contribution >= 0.6 is 0 Å². The van der Waals surface area contributed by atoms with Gasteiger partial charge in [0.2, 0.25) is 17.8 Å². The van der Waals surface area contributed by atoms with E-state index in [1.165, 1.54) is 45.1 Å². The maximum Gasteiger partial charge on any atom is 0.220 e. The van der Waals surface area contributed by atoms with Crippen molar-refractivity contribution in [2.24, 2.45) is 23.7 Å². The second-order valence-electron chi connectivity index (χ2n) is 29.1. The van der Waals surface area contributed by atoms with Crippen molar-refractivity contribution in [3.63, 3.8) is 0 Å². The number of anilines is 3. The second kappa shape index (κ2) is 26.2. The van der Waals surface area contributed by atoms with Crippen LogP contribution < -0.4 is 17.2 Å². The van der Waals surface area contributed by atoms with Crippen LogP contribution in [-0.2, 0) is 0 Å². The van der Waals surface area contributed by atoms with Crippen LogP contribution in [-0.4, -0.2) is 164 Å². The highest BCUT2D eigenvalue weighted by molar-refractivity contribution is 5.98. The van der Waals surface area contributed by atoms with Crippen LogP contribution in [0.25, 0.3) is 66.5 Å². The third-order valence-corrected chi connectivity index (χ3v) is 21.4. The number of aromatic nitrogens is 12. The highest BCUT2D eigenvalue weighted by Crippen LogP contribution is 2.44. The lowest BCUT2D eigenvalue weighted by Gasteiger charge is -2.44. The fourth-order valence-corrected chi connectivity index (χ4v) is 14.7. The van der Waals surface area contributed by atoms with E-state index >= 15 is 0 Å². The monoisotopic (exact) mass is 1340 g/mol. The zero-order chi connectivity index (χ0) is 68.6. The summed E-state index contributed by atoms with van der Waals surface area (Å²) in [5, 5.41) is 34.1. The van der Waals surface area contributed by atoms with E-state index in [1.807, 2.05) is 36.8 Å². The molecule has 0 radical (unpaired) electrons. The van der Waals surface area contributed by atoms with Gasteiger partial charge in [-0.25, -0.2) is 58.0 Å². The van der Waals surface area contributed by atoms with E-state index in [0.29, 0.717) is 51.9 Å². The largest absolute Gasteiger partial charge is 0.378 e. The molecular weight excluding hydrogens is 1260 g/mol. The normalized spacial score (nSPS) is 21.0. The number of nitrogens with two attached hydrogens (primary N) is 3. The van der Waals surface area contributed by atoms with Gasteiger partial charge >= 0.3 is 0 Å². The summed E-state index contributed by atoms with van der Waals surface area (Å²) in [6, 6.07) is 7.13. The Morgan fingerprint density at radius 3 is 1.17 bits per heavy atom. The van der Waals surface area contributed by atoms with Crippen molar-refractivity contribution >= 4 is 50.6 Å². The van der Waals surface area contributed by atoms with Crippen LogP contribution in [0, 0.1) is 76.6 Å². The molecule has 17 rings (SSSR count). The number of fused-ring (bicyclic) bond motifs is 3. The van der Waals surface area contributed by atoms with Gasteiger partial charge in [0.15, 0.2) is 17.5 Å². The Morgan fingerprint density at radius 2 is 0.818 bits per heavy atom. The predicted molar refractivity (Wildman–Crippen MR) is 373 cm³/mol. The summed E-state index contributed by atoms with van der Waals surface area (Å²) in [7, 11) is 0. The summed E-state index contributed by atoms with van der Waals surface area (Å²) in [4.78, 5) is 45.0. The Kier molecular flexibility index (Phi) is 17.4. The molecule has 3 saturated heterocycles. The van der Waals surface area contributed by atoms with E-state index in [9.17, 15) is 28.5 Å². The maximum absolute atomic E-state index is 14.8. The molecule has 9 aromatic rings. The molecule has 512 valence electrons. The molecule has 21 nitrogen and oxygen atoms in total. The maximum atomic E-state index is 14.8. The molecule has 9 N–H and O–H groups in total. The van der Waals surface area contributed by atoms with Crippen LogP contribution in [0.3, 0.4) is 0 Å². The first kappa shape index (κ1) is 65.9. The minimum absolute atomic E-state index is 0.0230. The first-order chi connectivity index (χ1) is 47.6. The minimum Gasteiger partial charge on any atom is -0.378 e. The van der Waals surface area contributed by atoms with Crippen molar-refractivity contribution in [2.75, 3.05) is 69.6 Å². The van der Waals surface area contributed by atoms with Crippen LogP contribution in [0.1, 0.15) is 146 Å². The van der Waals surface area contributed by atoms with Crippen molar-refractivity contribution in [2.45, 2.75) is 152 Å². The Labute approximate surface area is 572 Å². The summed E-state index contributed by atoms with van der Waals surface area (Å²) < 4.78 is 50.8. The topological polar surface area (TPSA) is 279 Å². The Bertz CT molecular complexity index is 4780. The molecule has 4 atom stereocenters. The van der Waals surface area contributed by atoms with E-state index in [0.717, 1.165) is 148 Å². The Balaban J connectivity index is 0.000000121. The summed E-state index contributed by atoms with van der Waals surface area (Å²) in [5.41, 5.74) is 21.1. The molecule has 0 spiro atoms. The van der Waals surface area contributed by atoms with Crippen molar-refractivity contribution in [3.8, 4) is 69.3 Å². The second-order valence-corrected chi connectivity index (χ2v) is 29.1. The quantitative estimate of drug-likeness (QED) is 0.0586. The minimum atomic E-state index is -1.02. The lowest BCUT2D eigenvalue weighted by molar-refractivity contribution is 0.0638. The van der Waals surface area contributed by atoms with Crippen molar-refractivity contribution in [3.05, 3.63) is 109 Å². The summed E-state index contributed by atoms with van der Waals surface area (Å²) >= 11 is 0. The van der Waals surface area contributed by atoms with Crippen LogP contribution in [0.15, 0.2) is 74.0 Å². The fourth-order valence-electron chi connectivity index (χ4n) is 14.7. The van der Waals surface area contributed by atoms with Crippen molar-refractivity contribution in [1.82, 2.24) is 73.3 Å². The van der Waals surface area contributed by atoms with Gasteiger partial charge in [-0.05, 0) is 158 Å². The van der Waals surface area contributed by atoms with Gasteiger partial charge in [-0.1, -0.05) is 37.5 Å². The third-order valence-electron chi connectivity index (χ3n) is 21.4. The van der Waals surface area contributed by atoms with E-state index in [2.05, 4.69) is 116 Å². The number of likely N-dealkylation sites (N-methyl/N-ethyl adjacent to an activating group) is 1. The first-order valence-electron chi connectivity index (χ1n) is 34.9. The number of nitrogen functional groups attached to an aromatic ring is 3. The van der Waals surface area contributed by atoms with E-state index < -0.39 is 34.3 Å². The number of hydrogen-bond donors (Lipinski definition) is 6. The van der Waals surface area contributed by atoms with Crippen molar-refractivity contribution < 1.29 is 28.5 Å². The third kappa shape index (κ3) is 14.0. The molecule has 24 heteroatoms. The smallest absolute Gasteiger partial charge is 0.220 e. The Morgan fingerprint density at radius 1 is 0.455 bits per heavy atom. The molecule has 9 aromatic heterocycles. The van der Waals surface area contributed by atoms with Gasteiger partial charge in [0, 0.05) is 109 Å². The molecule has 3 aliphatic heterocycles. The molecule has 8 aliphatic rings. The van der Waals surface area contributed by atoms with Crippen molar-refractivity contribution in [1.29, 1.82) is 0 Å². The van der Waals surface area contributed by atoms with Crippen LogP contribution in [0.2, 0.25) is 0 Å². The van der Waals surface area contributed by atoms with E-state index in [1.54, 1.807) is 39.4 Å². The molecule has 4 unspecified atom stereocenters. The van der Waals surface area contributed by atoms with Gasteiger partial charge in [-0.2, -0.15) is 0 Å². The molecule has 0 aromatic carbocycles. The summed E-state index contributed by atoms with van der Waals surface area (Å²) in [6.07, 6.45) is 29.4. The van der Waals surface area contributed by atoms with Crippen LogP contribution in [0.5, 0.6) is 0 Å². The lowest BCUT2D eigenvalue weighted by Crippen LogP contribution is -2.51. The first-order valence-corrected chi connectivity index (χ1v) is 34.9. The molecule has 12 heterocycles.